The lowest BCUT2D eigenvalue weighted by molar-refractivity contribution is -0.875. The fraction of sp³-hybridized carbons (Fsp3) is 0.692. The number of hydrogen-bond acceptors (Lipinski definition) is 4. The number of allylic oxidation sites excluding steroid dienone is 1. The zero-order chi connectivity index (χ0) is 14.6. The number of quaternary nitrogens is 1. The topological polar surface area (TPSA) is 77.4 Å². The Morgan fingerprint density at radius 2 is 1.83 bits per heavy atom. The summed E-state index contributed by atoms with van der Waals surface area (Å²) >= 11 is 0. The first-order valence-corrected chi connectivity index (χ1v) is 5.91. The molecule has 0 amide bonds. The summed E-state index contributed by atoms with van der Waals surface area (Å²) in [5.74, 6) is -1.86. The maximum absolute atomic E-state index is 11.9. The van der Waals surface area contributed by atoms with Gasteiger partial charge in [-0.25, -0.2) is 0 Å². The Morgan fingerprint density at radius 3 is 2.17 bits per heavy atom. The van der Waals surface area contributed by atoms with Crippen LogP contribution in [0.25, 0.3) is 0 Å². The number of aliphatic hydroxyl groups is 1. The van der Waals surface area contributed by atoms with Crippen LogP contribution >= 0.6 is 0 Å². The first kappa shape index (κ1) is 16.8. The van der Waals surface area contributed by atoms with Crippen LogP contribution in [0.5, 0.6) is 0 Å². The molecule has 0 aliphatic heterocycles. The average Bonchev–Trinajstić information content (AvgIpc) is 2.09. The lowest BCUT2D eigenvalue weighted by Crippen LogP contribution is -2.55. The van der Waals surface area contributed by atoms with Gasteiger partial charge < -0.3 is 19.5 Å². The highest BCUT2D eigenvalue weighted by molar-refractivity contribution is 5.99. The number of hydrogen-bond donors (Lipinski definition) is 1. The van der Waals surface area contributed by atoms with E-state index in [0.29, 0.717) is 0 Å². The Balaban J connectivity index is 5.08. The van der Waals surface area contributed by atoms with Gasteiger partial charge in [-0.05, 0) is 12.0 Å². The van der Waals surface area contributed by atoms with Crippen molar-refractivity contribution < 1.29 is 24.3 Å². The molecule has 104 valence electrons. The smallest absolute Gasteiger partial charge is 0.193 e. The Kier molecular flexibility index (Phi) is 5.70. The van der Waals surface area contributed by atoms with Crippen molar-refractivity contribution in [3.63, 3.8) is 0 Å². The average molecular weight is 257 g/mol. The number of carbonyl (C=O) groups excluding carboxylic acids is 2. The van der Waals surface area contributed by atoms with Gasteiger partial charge >= 0.3 is 0 Å². The molecule has 1 atom stereocenters. The molecule has 0 saturated heterocycles. The lowest BCUT2D eigenvalue weighted by atomic mass is 9.92. The molecule has 1 N–H and O–H groups in total. The van der Waals surface area contributed by atoms with E-state index in [-0.39, 0.29) is 16.9 Å². The van der Waals surface area contributed by atoms with Gasteiger partial charge in [-0.3, -0.25) is 4.79 Å². The first-order valence-electron chi connectivity index (χ1n) is 5.91. The molecular formula is C13H23NO4. The minimum atomic E-state index is -1.91. The summed E-state index contributed by atoms with van der Waals surface area (Å²) in [7, 11) is 5.33. The van der Waals surface area contributed by atoms with Crippen LogP contribution in [0.2, 0.25) is 0 Å². The molecule has 0 aliphatic carbocycles. The minimum Gasteiger partial charge on any atom is -0.550 e. The summed E-state index contributed by atoms with van der Waals surface area (Å²) in [5, 5.41) is 21.0. The number of likely N-dealkylation sites (N-methyl/N-ethyl adjacent to an activating group) is 1. The molecule has 0 rings (SSSR count). The quantitative estimate of drug-likeness (QED) is 0.485. The highest BCUT2D eigenvalue weighted by Crippen LogP contribution is 2.16. The summed E-state index contributed by atoms with van der Waals surface area (Å²) in [6.07, 6.45) is 2.20. The summed E-state index contributed by atoms with van der Waals surface area (Å²) in [5.41, 5.74) is -1.91. The van der Waals surface area contributed by atoms with E-state index in [2.05, 4.69) is 0 Å². The van der Waals surface area contributed by atoms with Crippen LogP contribution in [-0.2, 0) is 9.59 Å². The van der Waals surface area contributed by atoms with E-state index < -0.39 is 23.8 Å². The van der Waals surface area contributed by atoms with Crippen LogP contribution in [-0.4, -0.2) is 54.6 Å². The Bertz CT molecular complexity index is 341. The maximum atomic E-state index is 11.9. The number of carbonyl (C=O) groups is 2. The molecule has 0 aromatic carbocycles. The van der Waals surface area contributed by atoms with Crippen LogP contribution in [0.15, 0.2) is 12.2 Å². The molecule has 0 saturated carbocycles. The fourth-order valence-electron chi connectivity index (χ4n) is 1.68. The second-order valence-corrected chi connectivity index (χ2v) is 6.00. The van der Waals surface area contributed by atoms with Crippen molar-refractivity contribution in [3.05, 3.63) is 12.2 Å². The molecule has 1 unspecified atom stereocenters. The van der Waals surface area contributed by atoms with Crippen LogP contribution in [0.1, 0.15) is 20.3 Å². The summed E-state index contributed by atoms with van der Waals surface area (Å²) < 4.78 is 0.283. The molecule has 0 fully saturated rings. The predicted octanol–water partition coefficient (Wildman–Crippen LogP) is -0.655. The SMILES string of the molecule is CC(C)C=CC(=O)C(O)(CC(=O)[O-])C[N+](C)(C)C. The van der Waals surface area contributed by atoms with Gasteiger partial charge in [0.05, 0.1) is 21.1 Å². The maximum Gasteiger partial charge on any atom is 0.193 e. The van der Waals surface area contributed by atoms with Gasteiger partial charge in [0, 0.05) is 12.4 Å². The van der Waals surface area contributed by atoms with Gasteiger partial charge in [-0.15, -0.1) is 0 Å². The van der Waals surface area contributed by atoms with Crippen LogP contribution in [0.3, 0.4) is 0 Å². The molecular weight excluding hydrogens is 234 g/mol. The van der Waals surface area contributed by atoms with E-state index >= 15 is 0 Å². The fourth-order valence-corrected chi connectivity index (χ4v) is 1.68. The van der Waals surface area contributed by atoms with E-state index in [9.17, 15) is 19.8 Å². The standard InChI is InChI=1S/C13H23NO4/c1-10(2)6-7-11(15)13(18,8-12(16)17)9-14(3,4)5/h6-7,10,18H,8-9H2,1-5H3. The number of ketones is 1. The second-order valence-electron chi connectivity index (χ2n) is 6.00. The lowest BCUT2D eigenvalue weighted by Gasteiger charge is -2.34. The van der Waals surface area contributed by atoms with Gasteiger partial charge in [0.2, 0.25) is 0 Å². The van der Waals surface area contributed by atoms with Crippen molar-refractivity contribution in [3.8, 4) is 0 Å². The van der Waals surface area contributed by atoms with E-state index in [1.54, 1.807) is 27.2 Å². The van der Waals surface area contributed by atoms with Gasteiger partial charge in [0.15, 0.2) is 11.4 Å². The molecule has 5 heteroatoms. The number of nitrogens with zero attached hydrogens (tertiary/aromatic N) is 1. The van der Waals surface area contributed by atoms with E-state index in [1.807, 2.05) is 13.8 Å². The molecule has 0 bridgehead atoms. The molecule has 5 nitrogen and oxygen atoms in total. The van der Waals surface area contributed by atoms with Gasteiger partial charge in [0.1, 0.15) is 6.54 Å². The Labute approximate surface area is 108 Å². The van der Waals surface area contributed by atoms with E-state index in [4.69, 9.17) is 0 Å². The molecule has 0 aromatic heterocycles. The van der Waals surface area contributed by atoms with Crippen molar-refractivity contribution in [2.24, 2.45) is 5.92 Å². The Morgan fingerprint density at radius 1 is 1.33 bits per heavy atom. The minimum absolute atomic E-state index is 0.0161. The number of aliphatic carboxylic acids is 1. The first-order chi connectivity index (χ1) is 7.96. The van der Waals surface area contributed by atoms with E-state index in [0.717, 1.165) is 0 Å². The van der Waals surface area contributed by atoms with Crippen molar-refractivity contribution in [2.75, 3.05) is 27.7 Å². The van der Waals surface area contributed by atoms with Gasteiger partial charge in [-0.2, -0.15) is 0 Å². The third-order valence-electron chi connectivity index (χ3n) is 2.26. The molecule has 0 radical (unpaired) electrons. The summed E-state index contributed by atoms with van der Waals surface area (Å²) in [6.45, 7) is 3.80. The zero-order valence-electron chi connectivity index (χ0n) is 11.8. The van der Waals surface area contributed by atoms with Crippen molar-refractivity contribution in [1.29, 1.82) is 0 Å². The largest absolute Gasteiger partial charge is 0.550 e. The molecule has 0 aliphatic rings. The summed E-state index contributed by atoms with van der Waals surface area (Å²) in [4.78, 5) is 22.6. The van der Waals surface area contributed by atoms with Crippen LogP contribution in [0.4, 0.5) is 0 Å². The molecule has 0 spiro atoms. The monoisotopic (exact) mass is 257 g/mol. The molecule has 0 heterocycles. The highest BCUT2D eigenvalue weighted by Gasteiger charge is 2.39. The number of carboxylic acids is 1. The number of carboxylic acid groups (broad SMARTS) is 1. The number of rotatable bonds is 7. The van der Waals surface area contributed by atoms with Gasteiger partial charge in [0.25, 0.3) is 0 Å². The van der Waals surface area contributed by atoms with E-state index in [1.165, 1.54) is 6.08 Å². The third-order valence-corrected chi connectivity index (χ3v) is 2.26. The normalized spacial score (nSPS) is 15.9. The molecule has 18 heavy (non-hydrogen) atoms. The molecule has 0 aromatic rings. The zero-order valence-corrected chi connectivity index (χ0v) is 11.8. The van der Waals surface area contributed by atoms with Crippen molar-refractivity contribution >= 4 is 11.8 Å². The van der Waals surface area contributed by atoms with Crippen molar-refractivity contribution in [1.82, 2.24) is 0 Å². The van der Waals surface area contributed by atoms with Crippen LogP contribution in [0, 0.1) is 5.92 Å². The Hall–Kier alpha value is -1.20. The highest BCUT2D eigenvalue weighted by atomic mass is 16.4. The van der Waals surface area contributed by atoms with Crippen LogP contribution < -0.4 is 5.11 Å². The predicted molar refractivity (Wildman–Crippen MR) is 66.5 cm³/mol. The third kappa shape index (κ3) is 6.51. The van der Waals surface area contributed by atoms with Crippen molar-refractivity contribution in [2.45, 2.75) is 25.9 Å². The van der Waals surface area contributed by atoms with Gasteiger partial charge in [-0.1, -0.05) is 19.9 Å². The second kappa shape index (κ2) is 6.11. The summed E-state index contributed by atoms with van der Waals surface area (Å²) in [6, 6.07) is 0.